The van der Waals surface area contributed by atoms with Gasteiger partial charge in [-0.05, 0) is 74.7 Å². The van der Waals surface area contributed by atoms with Gasteiger partial charge in [-0.15, -0.1) is 11.3 Å². The van der Waals surface area contributed by atoms with Crippen LogP contribution in [0.5, 0.6) is 0 Å². The number of anilines is 1. The van der Waals surface area contributed by atoms with Gasteiger partial charge in [0.2, 0.25) is 5.91 Å². The summed E-state index contributed by atoms with van der Waals surface area (Å²) >= 11 is 6.51. The lowest BCUT2D eigenvalue weighted by atomic mass is 10.1. The van der Waals surface area contributed by atoms with Crippen LogP contribution in [0.15, 0.2) is 68.4 Å². The average molecular weight is 539 g/mol. The smallest absolute Gasteiger partial charge is 0.237 e. The number of halogens is 1. The lowest BCUT2D eigenvalue weighted by Crippen LogP contribution is -2.23. The van der Waals surface area contributed by atoms with E-state index in [1.54, 1.807) is 11.3 Å². The maximum atomic E-state index is 12.8. The number of thiazole rings is 1. The summed E-state index contributed by atoms with van der Waals surface area (Å²) in [6, 6.07) is 18.2. The first-order chi connectivity index (χ1) is 15.8. The summed E-state index contributed by atoms with van der Waals surface area (Å²) in [4.78, 5) is 22.1. The van der Waals surface area contributed by atoms with Crippen LogP contribution in [0, 0.1) is 20.8 Å². The molecule has 0 fully saturated rings. The van der Waals surface area contributed by atoms with Crippen LogP contribution in [0.2, 0.25) is 0 Å². The minimum atomic E-state index is -0.263. The molecule has 168 valence electrons. The maximum Gasteiger partial charge on any atom is 0.237 e. The maximum absolute atomic E-state index is 12.8. The first-order valence-electron chi connectivity index (χ1n) is 10.5. The van der Waals surface area contributed by atoms with Crippen molar-refractivity contribution in [3.05, 3.63) is 81.3 Å². The summed E-state index contributed by atoms with van der Waals surface area (Å²) in [5.74, 6) is -0.0194. The number of aromatic nitrogens is 1. The van der Waals surface area contributed by atoms with Crippen molar-refractivity contribution >= 4 is 72.7 Å². The summed E-state index contributed by atoms with van der Waals surface area (Å²) < 4.78 is 2.97. The molecule has 0 aliphatic carbocycles. The van der Waals surface area contributed by atoms with Crippen molar-refractivity contribution in [1.82, 2.24) is 4.98 Å². The van der Waals surface area contributed by atoms with Gasteiger partial charge in [-0.3, -0.25) is 9.79 Å². The van der Waals surface area contributed by atoms with Crippen LogP contribution >= 0.6 is 39.0 Å². The van der Waals surface area contributed by atoms with E-state index in [-0.39, 0.29) is 11.2 Å². The van der Waals surface area contributed by atoms with Crippen LogP contribution in [-0.2, 0) is 4.79 Å². The van der Waals surface area contributed by atoms with Gasteiger partial charge in [-0.25, -0.2) is 4.98 Å². The van der Waals surface area contributed by atoms with Gasteiger partial charge in [-0.2, -0.15) is 0 Å². The molecular formula is C26H24BrN3OS2. The van der Waals surface area contributed by atoms with E-state index < -0.39 is 0 Å². The first-order valence-corrected chi connectivity index (χ1v) is 13.0. The Bertz CT molecular complexity index is 1320. The van der Waals surface area contributed by atoms with Crippen LogP contribution < -0.4 is 5.32 Å². The van der Waals surface area contributed by atoms with Crippen molar-refractivity contribution in [1.29, 1.82) is 0 Å². The Hall–Kier alpha value is -2.48. The Balaban J connectivity index is 1.45. The number of hydrogen-bond donors (Lipinski definition) is 1. The highest BCUT2D eigenvalue weighted by atomic mass is 79.9. The van der Waals surface area contributed by atoms with Crippen LogP contribution in [0.4, 0.5) is 11.4 Å². The second-order valence-electron chi connectivity index (χ2n) is 7.96. The number of aryl methyl sites for hydroxylation is 3. The molecule has 0 bridgehead atoms. The minimum absolute atomic E-state index is 0.0194. The van der Waals surface area contributed by atoms with Gasteiger partial charge in [0.25, 0.3) is 0 Å². The van der Waals surface area contributed by atoms with Gasteiger partial charge in [-0.1, -0.05) is 57.5 Å². The second kappa shape index (κ2) is 10.2. The standard InChI is InChI=1S/C26H24BrN3OS2/c1-15-11-16(2)24(17(3)12-15)30-25(31)18(4)32-26-29-22-10-9-21(13-23(22)33-26)28-14-19-5-7-20(27)8-6-19/h5-14,18H,1-4H3,(H,30,31)/t18-/m0/s1. The third-order valence-electron chi connectivity index (χ3n) is 5.16. The van der Waals surface area contributed by atoms with Crippen molar-refractivity contribution < 1.29 is 4.79 Å². The van der Waals surface area contributed by atoms with E-state index in [1.807, 2.05) is 69.5 Å². The third kappa shape index (κ3) is 5.91. The van der Waals surface area contributed by atoms with E-state index in [4.69, 9.17) is 4.98 Å². The third-order valence-corrected chi connectivity index (χ3v) is 7.90. The molecule has 0 aliphatic heterocycles. The van der Waals surface area contributed by atoms with Crippen molar-refractivity contribution in [2.45, 2.75) is 37.3 Å². The van der Waals surface area contributed by atoms with Gasteiger partial charge in [0.05, 0.1) is 21.2 Å². The predicted molar refractivity (Wildman–Crippen MR) is 146 cm³/mol. The summed E-state index contributed by atoms with van der Waals surface area (Å²) in [6.07, 6.45) is 1.85. The minimum Gasteiger partial charge on any atom is -0.325 e. The number of rotatable bonds is 6. The number of carbonyl (C=O) groups excluding carboxylic acids is 1. The normalized spacial score (nSPS) is 12.4. The number of carbonyl (C=O) groups is 1. The molecule has 0 spiro atoms. The summed E-state index contributed by atoms with van der Waals surface area (Å²) in [5, 5.41) is 2.84. The molecule has 1 heterocycles. The van der Waals surface area contributed by atoms with Crippen molar-refractivity contribution in [3.63, 3.8) is 0 Å². The Morgan fingerprint density at radius 2 is 1.79 bits per heavy atom. The molecule has 0 radical (unpaired) electrons. The quantitative estimate of drug-likeness (QED) is 0.201. The molecular weight excluding hydrogens is 514 g/mol. The fourth-order valence-electron chi connectivity index (χ4n) is 3.53. The van der Waals surface area contributed by atoms with Crippen LogP contribution in [0.25, 0.3) is 10.2 Å². The predicted octanol–water partition coefficient (Wildman–Crippen LogP) is 7.85. The lowest BCUT2D eigenvalue weighted by Gasteiger charge is -2.15. The Kier molecular flexibility index (Phi) is 7.32. The SMILES string of the molecule is Cc1cc(C)c(NC(=O)[C@H](C)Sc2nc3ccc(N=Cc4ccc(Br)cc4)cc3s2)c(C)c1. The fraction of sp³-hybridized carbons (Fsp3) is 0.192. The topological polar surface area (TPSA) is 54.4 Å². The van der Waals surface area contributed by atoms with Gasteiger partial charge in [0, 0.05) is 16.4 Å². The van der Waals surface area contributed by atoms with Crippen molar-refractivity contribution in [2.24, 2.45) is 4.99 Å². The molecule has 0 saturated carbocycles. The molecule has 7 heteroatoms. The highest BCUT2D eigenvalue weighted by molar-refractivity contribution is 9.10. The van der Waals surface area contributed by atoms with E-state index >= 15 is 0 Å². The molecule has 0 unspecified atom stereocenters. The molecule has 1 amide bonds. The number of amides is 1. The van der Waals surface area contributed by atoms with Gasteiger partial charge < -0.3 is 5.32 Å². The molecule has 0 saturated heterocycles. The molecule has 3 aromatic carbocycles. The first kappa shape index (κ1) is 23.7. The Labute approximate surface area is 210 Å². The summed E-state index contributed by atoms with van der Waals surface area (Å²) in [7, 11) is 0. The zero-order valence-corrected chi connectivity index (χ0v) is 22.1. The van der Waals surface area contributed by atoms with Crippen LogP contribution in [0.1, 0.15) is 29.2 Å². The number of nitrogens with zero attached hydrogens (tertiary/aromatic N) is 2. The Morgan fingerprint density at radius 3 is 2.48 bits per heavy atom. The van der Waals surface area contributed by atoms with E-state index in [9.17, 15) is 4.79 Å². The molecule has 1 aromatic heterocycles. The van der Waals surface area contributed by atoms with Crippen LogP contribution in [0.3, 0.4) is 0 Å². The van der Waals surface area contributed by atoms with E-state index in [1.165, 1.54) is 17.3 Å². The van der Waals surface area contributed by atoms with Crippen LogP contribution in [-0.4, -0.2) is 22.4 Å². The summed E-state index contributed by atoms with van der Waals surface area (Å²) in [5.41, 5.74) is 7.09. The highest BCUT2D eigenvalue weighted by Crippen LogP contribution is 2.34. The van der Waals surface area contributed by atoms with E-state index in [0.717, 1.165) is 47.1 Å². The largest absolute Gasteiger partial charge is 0.325 e. The average Bonchev–Trinajstić information content (AvgIpc) is 3.17. The molecule has 4 nitrogen and oxygen atoms in total. The van der Waals surface area contributed by atoms with E-state index in [2.05, 4.69) is 45.3 Å². The van der Waals surface area contributed by atoms with Gasteiger partial charge >= 0.3 is 0 Å². The number of nitrogens with one attached hydrogen (secondary N) is 1. The van der Waals surface area contributed by atoms with Gasteiger partial charge in [0.15, 0.2) is 4.34 Å². The zero-order valence-electron chi connectivity index (χ0n) is 18.8. The monoisotopic (exact) mass is 537 g/mol. The molecule has 4 rings (SSSR count). The lowest BCUT2D eigenvalue weighted by molar-refractivity contribution is -0.115. The molecule has 1 N–H and O–H groups in total. The molecule has 0 aliphatic rings. The molecule has 33 heavy (non-hydrogen) atoms. The number of hydrogen-bond acceptors (Lipinski definition) is 5. The Morgan fingerprint density at radius 1 is 1.09 bits per heavy atom. The number of thioether (sulfide) groups is 1. The molecule has 1 atom stereocenters. The number of benzene rings is 3. The van der Waals surface area contributed by atoms with Crippen molar-refractivity contribution in [3.8, 4) is 0 Å². The number of fused-ring (bicyclic) bond motifs is 1. The second-order valence-corrected chi connectivity index (χ2v) is 11.5. The highest BCUT2D eigenvalue weighted by Gasteiger charge is 2.18. The van der Waals surface area contributed by atoms with Gasteiger partial charge in [0.1, 0.15) is 0 Å². The van der Waals surface area contributed by atoms with Crippen molar-refractivity contribution in [2.75, 3.05) is 5.32 Å². The zero-order chi connectivity index (χ0) is 23.5. The molecule has 4 aromatic rings. The number of aliphatic imine (C=N–C) groups is 1. The van der Waals surface area contributed by atoms with E-state index in [0.29, 0.717) is 0 Å². The fourth-order valence-corrected chi connectivity index (χ4v) is 6.04. The summed E-state index contributed by atoms with van der Waals surface area (Å²) in [6.45, 7) is 8.03.